The summed E-state index contributed by atoms with van der Waals surface area (Å²) >= 11 is 1.55. The molecule has 2 rings (SSSR count). The largest absolute Gasteiger partial charge is 0.450 e. The zero-order chi connectivity index (χ0) is 18.8. The minimum atomic E-state index is -0.561. The quantitative estimate of drug-likeness (QED) is 0.682. The maximum atomic E-state index is 13.5. The second-order valence-electron chi connectivity index (χ2n) is 5.33. The van der Waals surface area contributed by atoms with Crippen molar-refractivity contribution >= 4 is 29.4 Å². The van der Waals surface area contributed by atoms with Crippen LogP contribution in [0.15, 0.2) is 48.5 Å². The number of halogens is 1. The number of benzene rings is 2. The zero-order valence-electron chi connectivity index (χ0n) is 14.5. The fourth-order valence-electron chi connectivity index (χ4n) is 2.16. The highest BCUT2D eigenvalue weighted by Crippen LogP contribution is 2.15. The summed E-state index contributed by atoms with van der Waals surface area (Å²) in [6.45, 7) is 2.46. The van der Waals surface area contributed by atoms with Crippen molar-refractivity contribution in [2.75, 3.05) is 24.2 Å². The average molecular weight is 376 g/mol. The highest BCUT2D eigenvalue weighted by atomic mass is 32.2. The van der Waals surface area contributed by atoms with Gasteiger partial charge in [-0.15, -0.1) is 0 Å². The lowest BCUT2D eigenvalue weighted by atomic mass is 10.2. The zero-order valence-corrected chi connectivity index (χ0v) is 15.3. The number of carbonyl (C=O) groups is 2. The molecule has 26 heavy (non-hydrogen) atoms. The summed E-state index contributed by atoms with van der Waals surface area (Å²) in [7, 11) is 0. The molecule has 2 N–H and O–H groups in total. The van der Waals surface area contributed by atoms with Gasteiger partial charge in [0.1, 0.15) is 5.82 Å². The summed E-state index contributed by atoms with van der Waals surface area (Å²) in [4.78, 5) is 23.6. The van der Waals surface area contributed by atoms with Crippen molar-refractivity contribution in [2.24, 2.45) is 0 Å². The van der Waals surface area contributed by atoms with Gasteiger partial charge >= 0.3 is 6.09 Å². The lowest BCUT2D eigenvalue weighted by Crippen LogP contribution is -2.26. The van der Waals surface area contributed by atoms with Crippen molar-refractivity contribution < 1.29 is 18.7 Å². The first-order valence-electron chi connectivity index (χ1n) is 8.23. The van der Waals surface area contributed by atoms with Gasteiger partial charge in [-0.25, -0.2) is 9.18 Å². The Bertz CT molecular complexity index is 755. The van der Waals surface area contributed by atoms with Crippen LogP contribution in [0.1, 0.15) is 22.8 Å². The predicted octanol–water partition coefficient (Wildman–Crippen LogP) is 4.06. The van der Waals surface area contributed by atoms with E-state index in [1.165, 1.54) is 6.07 Å². The molecule has 0 radical (unpaired) electrons. The average Bonchev–Trinajstić information content (AvgIpc) is 2.63. The van der Waals surface area contributed by atoms with E-state index in [4.69, 9.17) is 4.74 Å². The van der Waals surface area contributed by atoms with Gasteiger partial charge in [-0.1, -0.05) is 24.3 Å². The van der Waals surface area contributed by atoms with E-state index in [1.54, 1.807) is 61.2 Å². The van der Waals surface area contributed by atoms with Crippen LogP contribution in [0.2, 0.25) is 0 Å². The Morgan fingerprint density at radius 1 is 1.15 bits per heavy atom. The van der Waals surface area contributed by atoms with Crippen LogP contribution >= 0.6 is 11.8 Å². The first kappa shape index (κ1) is 19.8. The minimum Gasteiger partial charge on any atom is -0.450 e. The van der Waals surface area contributed by atoms with Crippen LogP contribution in [0.5, 0.6) is 0 Å². The number of anilines is 1. The van der Waals surface area contributed by atoms with E-state index in [9.17, 15) is 14.0 Å². The maximum absolute atomic E-state index is 13.5. The van der Waals surface area contributed by atoms with Gasteiger partial charge in [-0.05, 0) is 36.8 Å². The molecule has 0 aliphatic heterocycles. The molecule has 0 aromatic heterocycles. The molecule has 0 spiro atoms. The Morgan fingerprint density at radius 3 is 2.73 bits per heavy atom. The number of amides is 2. The van der Waals surface area contributed by atoms with E-state index < -0.39 is 6.09 Å². The summed E-state index contributed by atoms with van der Waals surface area (Å²) in [5.74, 6) is 0.779. The Hall–Kier alpha value is -2.54. The van der Waals surface area contributed by atoms with Gasteiger partial charge in [-0.3, -0.25) is 10.1 Å². The third kappa shape index (κ3) is 6.40. The van der Waals surface area contributed by atoms with E-state index in [0.717, 1.165) is 0 Å². The molecule has 138 valence electrons. The molecule has 0 aliphatic carbocycles. The summed E-state index contributed by atoms with van der Waals surface area (Å²) < 4.78 is 18.3. The van der Waals surface area contributed by atoms with E-state index in [0.29, 0.717) is 34.9 Å². The Labute approximate surface area is 156 Å². The number of hydrogen-bond acceptors (Lipinski definition) is 4. The standard InChI is InChI=1S/C19H21FN2O3S/c1-2-25-19(24)22-16-8-5-7-14(12-16)18(23)21-10-11-26-13-15-6-3-4-9-17(15)20/h3-9,12H,2,10-11,13H2,1H3,(H,21,23)(H,22,24). The van der Waals surface area contributed by atoms with Crippen LogP contribution in [-0.4, -0.2) is 30.9 Å². The van der Waals surface area contributed by atoms with Crippen molar-refractivity contribution in [3.8, 4) is 0 Å². The molecular weight excluding hydrogens is 355 g/mol. The fourth-order valence-corrected chi connectivity index (χ4v) is 3.00. The molecule has 2 aromatic carbocycles. The predicted molar refractivity (Wildman–Crippen MR) is 102 cm³/mol. The molecule has 0 saturated heterocycles. The molecule has 5 nitrogen and oxygen atoms in total. The molecule has 2 aromatic rings. The smallest absolute Gasteiger partial charge is 0.411 e. The highest BCUT2D eigenvalue weighted by Gasteiger charge is 2.08. The number of carbonyl (C=O) groups excluding carboxylic acids is 2. The fraction of sp³-hybridized carbons (Fsp3) is 0.263. The van der Waals surface area contributed by atoms with E-state index in [-0.39, 0.29) is 18.3 Å². The van der Waals surface area contributed by atoms with Gasteiger partial charge in [0, 0.05) is 29.3 Å². The molecule has 0 saturated carbocycles. The van der Waals surface area contributed by atoms with Crippen LogP contribution < -0.4 is 10.6 Å². The first-order valence-corrected chi connectivity index (χ1v) is 9.39. The first-order chi connectivity index (χ1) is 12.6. The molecule has 0 atom stereocenters. The van der Waals surface area contributed by atoms with Crippen LogP contribution in [0.25, 0.3) is 0 Å². The summed E-state index contributed by atoms with van der Waals surface area (Å²) in [5, 5.41) is 5.37. The lowest BCUT2D eigenvalue weighted by molar-refractivity contribution is 0.0956. The van der Waals surface area contributed by atoms with Crippen LogP contribution in [0, 0.1) is 5.82 Å². The molecule has 0 heterocycles. The Kier molecular flexibility index (Phi) is 7.95. The minimum absolute atomic E-state index is 0.213. The topological polar surface area (TPSA) is 67.4 Å². The van der Waals surface area contributed by atoms with E-state index >= 15 is 0 Å². The summed E-state index contributed by atoms with van der Waals surface area (Å²) in [5.41, 5.74) is 1.59. The van der Waals surface area contributed by atoms with Crippen LogP contribution in [-0.2, 0) is 10.5 Å². The van der Waals surface area contributed by atoms with Gasteiger partial charge in [0.05, 0.1) is 6.61 Å². The second-order valence-corrected chi connectivity index (χ2v) is 6.43. The number of thioether (sulfide) groups is 1. The summed E-state index contributed by atoms with van der Waals surface area (Å²) in [6.07, 6.45) is -0.561. The Balaban J connectivity index is 1.75. The maximum Gasteiger partial charge on any atom is 0.411 e. The van der Waals surface area contributed by atoms with Gasteiger partial charge in [0.15, 0.2) is 0 Å². The third-order valence-electron chi connectivity index (χ3n) is 3.39. The Morgan fingerprint density at radius 2 is 1.96 bits per heavy atom. The number of hydrogen-bond donors (Lipinski definition) is 2. The molecule has 0 bridgehead atoms. The number of nitrogens with one attached hydrogen (secondary N) is 2. The van der Waals surface area contributed by atoms with Gasteiger partial charge in [0.2, 0.25) is 0 Å². The van der Waals surface area contributed by atoms with E-state index in [1.807, 2.05) is 0 Å². The second kappa shape index (κ2) is 10.5. The molecule has 0 aliphatic rings. The van der Waals surface area contributed by atoms with Crippen molar-refractivity contribution in [1.82, 2.24) is 5.32 Å². The monoisotopic (exact) mass is 376 g/mol. The van der Waals surface area contributed by atoms with Crippen molar-refractivity contribution in [1.29, 1.82) is 0 Å². The lowest BCUT2D eigenvalue weighted by Gasteiger charge is -2.08. The van der Waals surface area contributed by atoms with Gasteiger partial charge in [0.25, 0.3) is 5.91 Å². The number of rotatable bonds is 8. The van der Waals surface area contributed by atoms with Crippen LogP contribution in [0.3, 0.4) is 0 Å². The van der Waals surface area contributed by atoms with E-state index in [2.05, 4.69) is 10.6 Å². The third-order valence-corrected chi connectivity index (χ3v) is 4.40. The van der Waals surface area contributed by atoms with Gasteiger partial charge < -0.3 is 10.1 Å². The molecule has 0 fully saturated rings. The van der Waals surface area contributed by atoms with Crippen molar-refractivity contribution in [2.45, 2.75) is 12.7 Å². The van der Waals surface area contributed by atoms with Crippen LogP contribution in [0.4, 0.5) is 14.9 Å². The van der Waals surface area contributed by atoms with Gasteiger partial charge in [-0.2, -0.15) is 11.8 Å². The van der Waals surface area contributed by atoms with Crippen molar-refractivity contribution in [3.63, 3.8) is 0 Å². The summed E-state index contributed by atoms with van der Waals surface area (Å²) in [6, 6.07) is 13.3. The molecule has 2 amide bonds. The van der Waals surface area contributed by atoms with Crippen molar-refractivity contribution in [3.05, 3.63) is 65.5 Å². The molecular formula is C19H21FN2O3S. The SMILES string of the molecule is CCOC(=O)Nc1cccc(C(=O)NCCSCc2ccccc2F)c1. The molecule has 7 heteroatoms. The normalized spacial score (nSPS) is 10.2. The number of ether oxygens (including phenoxy) is 1. The molecule has 0 unspecified atom stereocenters. The highest BCUT2D eigenvalue weighted by molar-refractivity contribution is 7.98.